The molecular weight excluding hydrogens is 481 g/mol. The van der Waals surface area contributed by atoms with Gasteiger partial charge in [-0.2, -0.15) is 18.3 Å². The van der Waals surface area contributed by atoms with Crippen LogP contribution in [0.25, 0.3) is 0 Å². The lowest BCUT2D eigenvalue weighted by atomic mass is 10.2. The third kappa shape index (κ3) is 6.83. The Balaban J connectivity index is 1.57. The summed E-state index contributed by atoms with van der Waals surface area (Å²) in [6.45, 7) is 2.09. The Morgan fingerprint density at radius 3 is 2.85 bits per heavy atom. The lowest BCUT2D eigenvalue weighted by Crippen LogP contribution is -2.19. The van der Waals surface area contributed by atoms with Crippen molar-refractivity contribution in [3.63, 3.8) is 0 Å². The minimum absolute atomic E-state index is 0.0806. The number of nitrogens with zero attached hydrogens (tertiary/aromatic N) is 2. The van der Waals surface area contributed by atoms with Gasteiger partial charge in [0.15, 0.2) is 16.6 Å². The van der Waals surface area contributed by atoms with Crippen LogP contribution in [0.15, 0.2) is 46.9 Å². The molecular formula is C21H18ClF3N4O3S. The van der Waals surface area contributed by atoms with Crippen LogP contribution in [0.3, 0.4) is 0 Å². The molecule has 3 N–H and O–H groups in total. The van der Waals surface area contributed by atoms with Crippen molar-refractivity contribution in [2.75, 3.05) is 11.9 Å². The first-order valence-corrected chi connectivity index (χ1v) is 10.8. The fourth-order valence-corrected chi connectivity index (χ4v) is 3.61. The second-order valence-corrected chi connectivity index (χ2v) is 7.87. The predicted octanol–water partition coefficient (Wildman–Crippen LogP) is 5.36. The van der Waals surface area contributed by atoms with Gasteiger partial charge in [-0.25, -0.2) is 10.4 Å². The van der Waals surface area contributed by atoms with Crippen LogP contribution >= 0.6 is 22.9 Å². The highest BCUT2D eigenvalue weighted by molar-refractivity contribution is 7.13. The Morgan fingerprint density at radius 1 is 1.33 bits per heavy atom. The monoisotopic (exact) mass is 498 g/mol. The molecule has 2 aromatic carbocycles. The molecule has 0 bridgehead atoms. The van der Waals surface area contributed by atoms with Gasteiger partial charge in [-0.15, -0.1) is 11.3 Å². The summed E-state index contributed by atoms with van der Waals surface area (Å²) < 4.78 is 43.8. The second-order valence-electron chi connectivity index (χ2n) is 6.60. The maximum absolute atomic E-state index is 12.8. The van der Waals surface area contributed by atoms with Crippen LogP contribution in [-0.4, -0.2) is 28.8 Å². The maximum Gasteiger partial charge on any atom is 0.416 e. The van der Waals surface area contributed by atoms with Gasteiger partial charge in [0.25, 0.3) is 0 Å². The molecule has 0 saturated carbocycles. The fourth-order valence-electron chi connectivity index (χ4n) is 2.66. The first-order valence-electron chi connectivity index (χ1n) is 9.51. The van der Waals surface area contributed by atoms with Gasteiger partial charge in [-0.05, 0) is 42.8 Å². The van der Waals surface area contributed by atoms with Crippen molar-refractivity contribution in [2.45, 2.75) is 19.5 Å². The molecule has 0 radical (unpaired) electrons. The third-order valence-electron chi connectivity index (χ3n) is 4.09. The number of alkyl halides is 3. The number of carbonyl (C=O) groups is 1. The lowest BCUT2D eigenvalue weighted by Gasteiger charge is -2.08. The molecule has 0 atom stereocenters. The zero-order valence-electron chi connectivity index (χ0n) is 17.1. The molecule has 0 fully saturated rings. The van der Waals surface area contributed by atoms with Gasteiger partial charge in [0.05, 0.1) is 35.5 Å². The van der Waals surface area contributed by atoms with Gasteiger partial charge in [-0.3, -0.25) is 4.79 Å². The Bertz CT molecular complexity index is 1170. The molecule has 0 saturated heterocycles. The van der Waals surface area contributed by atoms with Gasteiger partial charge in [0.1, 0.15) is 0 Å². The molecule has 0 aliphatic carbocycles. The van der Waals surface area contributed by atoms with Gasteiger partial charge < -0.3 is 15.2 Å². The SMILES string of the molecule is CCOc1cc(/C=N/NC(=O)Cc2csc(Nc3cccc(C(F)(F)F)c3)n2)cc(Cl)c1O. The number of aromatic hydroxyl groups is 1. The summed E-state index contributed by atoms with van der Waals surface area (Å²) in [5.74, 6) is -0.434. The number of hydrogen-bond donors (Lipinski definition) is 3. The molecule has 33 heavy (non-hydrogen) atoms. The topological polar surface area (TPSA) is 95.8 Å². The lowest BCUT2D eigenvalue weighted by molar-refractivity contribution is -0.137. The number of phenolic OH excluding ortho intramolecular Hbond substituents is 1. The summed E-state index contributed by atoms with van der Waals surface area (Å²) in [5, 5.41) is 18.5. The minimum atomic E-state index is -4.44. The number of aromatic nitrogens is 1. The van der Waals surface area contributed by atoms with Crippen molar-refractivity contribution in [1.82, 2.24) is 10.4 Å². The minimum Gasteiger partial charge on any atom is -0.503 e. The Kier molecular flexibility index (Phi) is 7.77. The molecule has 3 aromatic rings. The Labute approximate surface area is 195 Å². The highest BCUT2D eigenvalue weighted by atomic mass is 35.5. The van der Waals surface area contributed by atoms with Crippen LogP contribution < -0.4 is 15.5 Å². The molecule has 12 heteroatoms. The highest BCUT2D eigenvalue weighted by Crippen LogP contribution is 2.35. The number of anilines is 2. The van der Waals surface area contributed by atoms with Crippen LogP contribution in [0.2, 0.25) is 5.02 Å². The smallest absolute Gasteiger partial charge is 0.416 e. The number of rotatable bonds is 8. The van der Waals surface area contributed by atoms with Crippen molar-refractivity contribution >= 4 is 45.9 Å². The average Bonchev–Trinajstić information content (AvgIpc) is 3.18. The van der Waals surface area contributed by atoms with Gasteiger partial charge >= 0.3 is 6.18 Å². The largest absolute Gasteiger partial charge is 0.503 e. The zero-order valence-corrected chi connectivity index (χ0v) is 18.7. The van der Waals surface area contributed by atoms with Crippen LogP contribution in [0.1, 0.15) is 23.7 Å². The number of phenols is 1. The number of amides is 1. The van der Waals surface area contributed by atoms with E-state index in [2.05, 4.69) is 20.8 Å². The average molecular weight is 499 g/mol. The first kappa shape index (κ1) is 24.3. The van der Waals surface area contributed by atoms with Crippen molar-refractivity contribution in [3.8, 4) is 11.5 Å². The molecule has 174 valence electrons. The van der Waals surface area contributed by atoms with E-state index in [9.17, 15) is 23.1 Å². The molecule has 3 rings (SSSR count). The van der Waals surface area contributed by atoms with E-state index in [1.807, 2.05) is 0 Å². The third-order valence-corrected chi connectivity index (χ3v) is 5.18. The van der Waals surface area contributed by atoms with E-state index < -0.39 is 17.6 Å². The van der Waals surface area contributed by atoms with E-state index in [0.29, 0.717) is 23.0 Å². The summed E-state index contributed by atoms with van der Waals surface area (Å²) in [7, 11) is 0. The molecule has 1 heterocycles. The Hall–Kier alpha value is -3.31. The number of ether oxygens (including phenoxy) is 1. The summed E-state index contributed by atoms with van der Waals surface area (Å²) in [4.78, 5) is 16.3. The van der Waals surface area contributed by atoms with E-state index in [-0.39, 0.29) is 28.6 Å². The number of nitrogens with one attached hydrogen (secondary N) is 2. The zero-order chi connectivity index (χ0) is 24.0. The Morgan fingerprint density at radius 2 is 2.12 bits per heavy atom. The van der Waals surface area contributed by atoms with E-state index in [1.165, 1.54) is 30.5 Å². The first-order chi connectivity index (χ1) is 15.7. The van der Waals surface area contributed by atoms with Crippen LogP contribution in [0, 0.1) is 0 Å². The number of benzene rings is 2. The van der Waals surface area contributed by atoms with E-state index in [0.717, 1.165) is 23.5 Å². The molecule has 7 nitrogen and oxygen atoms in total. The van der Waals surface area contributed by atoms with Crippen molar-refractivity contribution in [1.29, 1.82) is 0 Å². The van der Waals surface area contributed by atoms with Crippen LogP contribution in [0.4, 0.5) is 24.0 Å². The number of hydrazone groups is 1. The summed E-state index contributed by atoms with van der Waals surface area (Å²) in [6.07, 6.45) is -3.19. The van der Waals surface area contributed by atoms with Crippen molar-refractivity contribution < 1.29 is 27.8 Å². The molecule has 0 unspecified atom stereocenters. The summed E-state index contributed by atoms with van der Waals surface area (Å²) >= 11 is 7.10. The number of thiazole rings is 1. The normalized spacial score (nSPS) is 11.5. The predicted molar refractivity (Wildman–Crippen MR) is 121 cm³/mol. The van der Waals surface area contributed by atoms with E-state index in [4.69, 9.17) is 16.3 Å². The van der Waals surface area contributed by atoms with Crippen molar-refractivity contribution in [3.05, 3.63) is 63.6 Å². The fraction of sp³-hybridized carbons (Fsp3) is 0.190. The van der Waals surface area contributed by atoms with E-state index >= 15 is 0 Å². The molecule has 0 aliphatic rings. The number of halogens is 4. The molecule has 0 aliphatic heterocycles. The van der Waals surface area contributed by atoms with Crippen LogP contribution in [0.5, 0.6) is 11.5 Å². The van der Waals surface area contributed by atoms with Gasteiger partial charge in [0, 0.05) is 11.1 Å². The standard InChI is InChI=1S/C21H18ClF3N4O3S/c1-2-32-17-7-12(6-16(22)19(17)31)10-26-29-18(30)9-15-11-33-20(28-15)27-14-5-3-4-13(8-14)21(23,24)25/h3-8,10-11,31H,2,9H2,1H3,(H,27,28)(H,29,30)/b26-10+. The quantitative estimate of drug-likeness (QED) is 0.287. The molecule has 1 amide bonds. The van der Waals surface area contributed by atoms with Gasteiger partial charge in [0.2, 0.25) is 5.91 Å². The summed E-state index contributed by atoms with van der Waals surface area (Å²) in [6, 6.07) is 7.73. The number of carbonyl (C=O) groups excluding carboxylic acids is 1. The van der Waals surface area contributed by atoms with Gasteiger partial charge in [-0.1, -0.05) is 17.7 Å². The highest BCUT2D eigenvalue weighted by Gasteiger charge is 2.30. The van der Waals surface area contributed by atoms with Crippen LogP contribution in [-0.2, 0) is 17.4 Å². The number of hydrogen-bond acceptors (Lipinski definition) is 7. The maximum atomic E-state index is 12.8. The second kappa shape index (κ2) is 10.5. The molecule has 0 spiro atoms. The van der Waals surface area contributed by atoms with Crippen molar-refractivity contribution in [2.24, 2.45) is 5.10 Å². The molecule has 1 aromatic heterocycles. The van der Waals surface area contributed by atoms with E-state index in [1.54, 1.807) is 12.3 Å². The summed E-state index contributed by atoms with van der Waals surface area (Å²) in [5.41, 5.74) is 2.74.